The van der Waals surface area contributed by atoms with E-state index in [4.69, 9.17) is 0 Å². The maximum Gasteiger partial charge on any atom is 0.237 e. The smallest absolute Gasteiger partial charge is 0.237 e. The van der Waals surface area contributed by atoms with Crippen LogP contribution in [0.2, 0.25) is 0 Å². The highest BCUT2D eigenvalue weighted by molar-refractivity contribution is 8.00. The fourth-order valence-corrected chi connectivity index (χ4v) is 3.70. The first-order chi connectivity index (χ1) is 12.4. The average Bonchev–Trinajstić information content (AvgIpc) is 3.46. The first kappa shape index (κ1) is 19.1. The van der Waals surface area contributed by atoms with Crippen LogP contribution >= 0.6 is 11.8 Å². The van der Waals surface area contributed by atoms with Crippen LogP contribution < -0.4 is 5.32 Å². The molecule has 8 heteroatoms. The normalized spacial score (nSPS) is 19.3. The number of hydrogen-bond donors (Lipinski definition) is 1. The minimum atomic E-state index is -0.908. The van der Waals surface area contributed by atoms with E-state index in [9.17, 15) is 18.4 Å². The fourth-order valence-electron chi connectivity index (χ4n) is 2.88. The van der Waals surface area contributed by atoms with Gasteiger partial charge in [-0.15, -0.1) is 11.8 Å². The molecule has 5 nitrogen and oxygen atoms in total. The van der Waals surface area contributed by atoms with Gasteiger partial charge in [-0.3, -0.25) is 14.5 Å². The van der Waals surface area contributed by atoms with Gasteiger partial charge in [-0.05, 0) is 38.0 Å². The molecule has 1 aromatic rings. The molecule has 1 saturated heterocycles. The van der Waals surface area contributed by atoms with Crippen LogP contribution in [0.15, 0.2) is 23.1 Å². The van der Waals surface area contributed by atoms with E-state index in [0.717, 1.165) is 25.0 Å². The summed E-state index contributed by atoms with van der Waals surface area (Å²) in [6, 6.07) is 3.79. The van der Waals surface area contributed by atoms with E-state index in [-0.39, 0.29) is 23.6 Å². The number of hydrogen-bond acceptors (Lipinski definition) is 4. The van der Waals surface area contributed by atoms with Gasteiger partial charge < -0.3 is 10.2 Å². The number of piperazine rings is 1. The van der Waals surface area contributed by atoms with Gasteiger partial charge in [0.25, 0.3) is 0 Å². The first-order valence-electron chi connectivity index (χ1n) is 8.84. The van der Waals surface area contributed by atoms with Crippen molar-refractivity contribution < 1.29 is 18.4 Å². The number of amides is 2. The standard InChI is InChI=1S/C18H23F2N3O2S/c1-12(18(25)21-13-2-3-13)22-6-8-23(9-7-22)17(24)11-26-14-4-5-15(19)16(20)10-14/h4-5,10,12-13H,2-3,6-9,11H2,1H3,(H,21,25). The zero-order valence-electron chi connectivity index (χ0n) is 14.7. The van der Waals surface area contributed by atoms with E-state index in [0.29, 0.717) is 37.1 Å². The number of benzene rings is 1. The predicted octanol–water partition coefficient (Wildman–Crippen LogP) is 1.87. The van der Waals surface area contributed by atoms with Gasteiger partial charge in [-0.1, -0.05) is 0 Å². The maximum absolute atomic E-state index is 13.2. The lowest BCUT2D eigenvalue weighted by Gasteiger charge is -2.37. The minimum Gasteiger partial charge on any atom is -0.352 e. The monoisotopic (exact) mass is 383 g/mol. The molecule has 26 heavy (non-hydrogen) atoms. The second kappa shape index (κ2) is 8.35. The first-order valence-corrected chi connectivity index (χ1v) is 9.82. The van der Waals surface area contributed by atoms with E-state index in [1.807, 2.05) is 6.92 Å². The molecular formula is C18H23F2N3O2S. The highest BCUT2D eigenvalue weighted by atomic mass is 32.2. The second-order valence-electron chi connectivity index (χ2n) is 6.74. The van der Waals surface area contributed by atoms with Crippen molar-refractivity contribution in [1.82, 2.24) is 15.1 Å². The quantitative estimate of drug-likeness (QED) is 0.762. The Kier molecular flexibility index (Phi) is 6.13. The van der Waals surface area contributed by atoms with Crippen molar-refractivity contribution in [2.75, 3.05) is 31.9 Å². The summed E-state index contributed by atoms with van der Waals surface area (Å²) in [5.41, 5.74) is 0. The number of nitrogens with zero attached hydrogens (tertiary/aromatic N) is 2. The highest BCUT2D eigenvalue weighted by Crippen LogP contribution is 2.22. The molecule has 1 aromatic carbocycles. The summed E-state index contributed by atoms with van der Waals surface area (Å²) in [6.45, 7) is 4.34. The number of carbonyl (C=O) groups is 2. The molecule has 0 radical (unpaired) electrons. The van der Waals surface area contributed by atoms with Crippen LogP contribution in [-0.4, -0.2) is 65.6 Å². The minimum absolute atomic E-state index is 0.0329. The zero-order chi connectivity index (χ0) is 18.7. The van der Waals surface area contributed by atoms with Crippen molar-refractivity contribution in [3.63, 3.8) is 0 Å². The van der Waals surface area contributed by atoms with Crippen molar-refractivity contribution in [1.29, 1.82) is 0 Å². The Morgan fingerprint density at radius 3 is 2.50 bits per heavy atom. The molecule has 142 valence electrons. The molecule has 1 heterocycles. The van der Waals surface area contributed by atoms with E-state index >= 15 is 0 Å². The Hall–Kier alpha value is -1.67. The lowest BCUT2D eigenvalue weighted by Crippen LogP contribution is -2.55. The highest BCUT2D eigenvalue weighted by Gasteiger charge is 2.30. The molecule has 2 aliphatic rings. The number of halogens is 2. The van der Waals surface area contributed by atoms with Gasteiger partial charge >= 0.3 is 0 Å². The molecule has 0 spiro atoms. The molecule has 1 N–H and O–H groups in total. The molecule has 1 saturated carbocycles. The molecule has 1 aliphatic heterocycles. The van der Waals surface area contributed by atoms with Crippen molar-refractivity contribution >= 4 is 23.6 Å². The maximum atomic E-state index is 13.2. The number of rotatable bonds is 6. The van der Waals surface area contributed by atoms with Crippen LogP contribution in [-0.2, 0) is 9.59 Å². The lowest BCUT2D eigenvalue weighted by molar-refractivity contribution is -0.131. The third-order valence-electron chi connectivity index (χ3n) is 4.77. The molecular weight excluding hydrogens is 360 g/mol. The van der Waals surface area contributed by atoms with E-state index < -0.39 is 11.6 Å². The molecule has 3 rings (SSSR count). The molecule has 0 bridgehead atoms. The Bertz CT molecular complexity index is 676. The van der Waals surface area contributed by atoms with E-state index in [1.165, 1.54) is 17.8 Å². The predicted molar refractivity (Wildman–Crippen MR) is 95.9 cm³/mol. The van der Waals surface area contributed by atoms with Crippen LogP contribution in [0.4, 0.5) is 8.78 Å². The molecule has 0 aromatic heterocycles. The zero-order valence-corrected chi connectivity index (χ0v) is 15.5. The van der Waals surface area contributed by atoms with Crippen molar-refractivity contribution in [2.24, 2.45) is 0 Å². The van der Waals surface area contributed by atoms with Gasteiger partial charge in [-0.2, -0.15) is 0 Å². The third kappa shape index (κ3) is 4.94. The van der Waals surface area contributed by atoms with Gasteiger partial charge in [-0.25, -0.2) is 8.78 Å². The van der Waals surface area contributed by atoms with Crippen molar-refractivity contribution in [2.45, 2.75) is 36.7 Å². The molecule has 2 fully saturated rings. The third-order valence-corrected chi connectivity index (χ3v) is 5.75. The summed E-state index contributed by atoms with van der Waals surface area (Å²) < 4.78 is 26.1. The number of carbonyl (C=O) groups excluding carboxylic acids is 2. The Labute approximate surface area is 156 Å². The summed E-state index contributed by atoms with van der Waals surface area (Å²) in [5, 5.41) is 3.01. The molecule has 1 aliphatic carbocycles. The second-order valence-corrected chi connectivity index (χ2v) is 7.79. The van der Waals surface area contributed by atoms with Gasteiger partial charge in [0, 0.05) is 37.1 Å². The van der Waals surface area contributed by atoms with Crippen LogP contribution in [0.25, 0.3) is 0 Å². The summed E-state index contributed by atoms with van der Waals surface area (Å²) >= 11 is 1.20. The van der Waals surface area contributed by atoms with Gasteiger partial charge in [0.2, 0.25) is 11.8 Å². The molecule has 2 amide bonds. The number of nitrogens with one attached hydrogen (secondary N) is 1. The van der Waals surface area contributed by atoms with Crippen LogP contribution in [0.3, 0.4) is 0 Å². The lowest BCUT2D eigenvalue weighted by atomic mass is 10.2. The summed E-state index contributed by atoms with van der Waals surface area (Å²) in [7, 11) is 0. The van der Waals surface area contributed by atoms with Gasteiger partial charge in [0.05, 0.1) is 11.8 Å². The van der Waals surface area contributed by atoms with E-state index in [2.05, 4.69) is 10.2 Å². The topological polar surface area (TPSA) is 52.7 Å². The number of thioether (sulfide) groups is 1. The SMILES string of the molecule is CC(C(=O)NC1CC1)N1CCN(C(=O)CSc2ccc(F)c(F)c2)CC1. The van der Waals surface area contributed by atoms with Crippen LogP contribution in [0.5, 0.6) is 0 Å². The fraction of sp³-hybridized carbons (Fsp3) is 0.556. The Morgan fingerprint density at radius 1 is 1.19 bits per heavy atom. The molecule has 1 unspecified atom stereocenters. The summed E-state index contributed by atoms with van der Waals surface area (Å²) in [5.74, 6) is -1.59. The molecule has 1 atom stereocenters. The van der Waals surface area contributed by atoms with Crippen molar-refractivity contribution in [3.05, 3.63) is 29.8 Å². The van der Waals surface area contributed by atoms with Crippen molar-refractivity contribution in [3.8, 4) is 0 Å². The van der Waals surface area contributed by atoms with Gasteiger partial charge in [0.1, 0.15) is 0 Å². The largest absolute Gasteiger partial charge is 0.352 e. The van der Waals surface area contributed by atoms with Gasteiger partial charge in [0.15, 0.2) is 11.6 Å². The van der Waals surface area contributed by atoms with E-state index in [1.54, 1.807) is 4.90 Å². The summed E-state index contributed by atoms with van der Waals surface area (Å²) in [4.78, 5) is 28.8. The summed E-state index contributed by atoms with van der Waals surface area (Å²) in [6.07, 6.45) is 2.13. The van der Waals surface area contributed by atoms with Crippen LogP contribution in [0, 0.1) is 11.6 Å². The Morgan fingerprint density at radius 2 is 1.88 bits per heavy atom. The van der Waals surface area contributed by atoms with Crippen LogP contribution in [0.1, 0.15) is 19.8 Å². The Balaban J connectivity index is 1.42. The average molecular weight is 383 g/mol.